The van der Waals surface area contributed by atoms with Gasteiger partial charge >= 0.3 is 6.03 Å². The summed E-state index contributed by atoms with van der Waals surface area (Å²) in [5.41, 5.74) is 1.54. The molecule has 0 atom stereocenters. The van der Waals surface area contributed by atoms with Crippen molar-refractivity contribution in [2.45, 2.75) is 13.5 Å². The number of anilines is 1. The molecule has 8 nitrogen and oxygen atoms in total. The largest absolute Gasteiger partial charge is 0.495 e. The van der Waals surface area contributed by atoms with Crippen LogP contribution in [0.3, 0.4) is 0 Å². The molecule has 164 valence electrons. The molecule has 0 fully saturated rings. The Labute approximate surface area is 186 Å². The topological polar surface area (TPSA) is 98.1 Å². The van der Waals surface area contributed by atoms with Gasteiger partial charge in [0.1, 0.15) is 17.3 Å². The standard InChI is InChI=1S/C22H20FN5O3S/c1-3-24-21(30)27-22-26-16-10-14(15(23)11-19(16)32-22)13-6-8-28(20(29)9-13)12-17-18(31-2)5-4-7-25-17/h4-11H,3,12H2,1-2H3,(H2,24,26,27,30). The number of carbonyl (C=O) groups excluding carboxylic acids is 1. The Kier molecular flexibility index (Phi) is 6.13. The number of nitrogens with zero attached hydrogens (tertiary/aromatic N) is 3. The van der Waals surface area contributed by atoms with Crippen LogP contribution < -0.4 is 20.9 Å². The van der Waals surface area contributed by atoms with Crippen LogP contribution in [0.2, 0.25) is 0 Å². The molecule has 1 aromatic carbocycles. The lowest BCUT2D eigenvalue weighted by molar-refractivity contribution is 0.252. The van der Waals surface area contributed by atoms with E-state index in [0.717, 1.165) is 0 Å². The van der Waals surface area contributed by atoms with Crippen molar-refractivity contribution in [3.8, 4) is 16.9 Å². The molecule has 0 unspecified atom stereocenters. The van der Waals surface area contributed by atoms with Gasteiger partial charge in [0.2, 0.25) is 0 Å². The number of ether oxygens (including phenoxy) is 1. The summed E-state index contributed by atoms with van der Waals surface area (Å²) in [5, 5.41) is 5.60. The molecule has 3 heterocycles. The first-order valence-electron chi connectivity index (χ1n) is 9.82. The third-order valence-corrected chi connectivity index (χ3v) is 5.66. The molecule has 0 aliphatic rings. The number of hydrogen-bond donors (Lipinski definition) is 2. The van der Waals surface area contributed by atoms with Gasteiger partial charge in [-0.2, -0.15) is 0 Å². The predicted octanol–water partition coefficient (Wildman–Crippen LogP) is 3.86. The Balaban J connectivity index is 1.63. The maximum Gasteiger partial charge on any atom is 0.321 e. The lowest BCUT2D eigenvalue weighted by Crippen LogP contribution is -2.28. The van der Waals surface area contributed by atoms with Crippen LogP contribution in [-0.2, 0) is 6.54 Å². The molecular weight excluding hydrogens is 433 g/mol. The minimum atomic E-state index is -0.478. The second-order valence-electron chi connectivity index (χ2n) is 6.84. The first kappa shape index (κ1) is 21.4. The van der Waals surface area contributed by atoms with E-state index in [0.29, 0.717) is 38.9 Å². The van der Waals surface area contributed by atoms with E-state index in [9.17, 15) is 14.0 Å². The monoisotopic (exact) mass is 453 g/mol. The number of rotatable bonds is 6. The highest BCUT2D eigenvalue weighted by molar-refractivity contribution is 7.22. The maximum absolute atomic E-state index is 14.8. The molecule has 10 heteroatoms. The summed E-state index contributed by atoms with van der Waals surface area (Å²) in [6, 6.07) is 9.12. The van der Waals surface area contributed by atoms with Crippen molar-refractivity contribution < 1.29 is 13.9 Å². The number of aromatic nitrogens is 3. The van der Waals surface area contributed by atoms with Crippen LogP contribution in [-0.4, -0.2) is 34.2 Å². The zero-order valence-electron chi connectivity index (χ0n) is 17.4. The Morgan fingerprint density at radius 1 is 1.28 bits per heavy atom. The summed E-state index contributed by atoms with van der Waals surface area (Å²) in [5.74, 6) is 0.106. The summed E-state index contributed by atoms with van der Waals surface area (Å²) < 4.78 is 22.2. The van der Waals surface area contributed by atoms with Gasteiger partial charge in [0.05, 0.1) is 23.9 Å². The van der Waals surface area contributed by atoms with E-state index in [2.05, 4.69) is 20.6 Å². The zero-order chi connectivity index (χ0) is 22.7. The third kappa shape index (κ3) is 4.45. The van der Waals surface area contributed by atoms with Gasteiger partial charge in [0.15, 0.2) is 5.13 Å². The van der Waals surface area contributed by atoms with Gasteiger partial charge in [-0.15, -0.1) is 0 Å². The Morgan fingerprint density at radius 3 is 2.88 bits per heavy atom. The molecule has 32 heavy (non-hydrogen) atoms. The summed E-state index contributed by atoms with van der Waals surface area (Å²) in [6.45, 7) is 2.51. The number of nitrogens with one attached hydrogen (secondary N) is 2. The molecule has 0 saturated carbocycles. The van der Waals surface area contributed by atoms with Crippen LogP contribution in [0.1, 0.15) is 12.6 Å². The van der Waals surface area contributed by atoms with Gasteiger partial charge < -0.3 is 14.6 Å². The highest BCUT2D eigenvalue weighted by Gasteiger charge is 2.14. The van der Waals surface area contributed by atoms with Crippen LogP contribution in [0.25, 0.3) is 21.3 Å². The van der Waals surface area contributed by atoms with Gasteiger partial charge in [-0.1, -0.05) is 11.3 Å². The predicted molar refractivity (Wildman–Crippen MR) is 122 cm³/mol. The first-order chi connectivity index (χ1) is 15.5. The van der Waals surface area contributed by atoms with E-state index in [4.69, 9.17) is 4.74 Å². The molecule has 0 aliphatic heterocycles. The Bertz CT molecular complexity index is 1350. The van der Waals surface area contributed by atoms with Gasteiger partial charge in [0.25, 0.3) is 5.56 Å². The number of carbonyl (C=O) groups is 1. The fourth-order valence-electron chi connectivity index (χ4n) is 3.22. The van der Waals surface area contributed by atoms with Gasteiger partial charge in [-0.05, 0) is 42.8 Å². The van der Waals surface area contributed by atoms with Crippen molar-refractivity contribution in [2.75, 3.05) is 19.0 Å². The molecule has 0 spiro atoms. The number of hydrogen-bond acceptors (Lipinski definition) is 6. The normalized spacial score (nSPS) is 10.8. The fourth-order valence-corrected chi connectivity index (χ4v) is 4.09. The SMILES string of the molecule is CCNC(=O)Nc1nc2cc(-c3ccn(Cc4ncccc4OC)c(=O)c3)c(F)cc2s1. The molecule has 0 aliphatic carbocycles. The van der Waals surface area contributed by atoms with E-state index in [-0.39, 0.29) is 23.7 Å². The smallest absolute Gasteiger partial charge is 0.321 e. The highest BCUT2D eigenvalue weighted by Crippen LogP contribution is 2.32. The Morgan fingerprint density at radius 2 is 2.12 bits per heavy atom. The van der Waals surface area contributed by atoms with Crippen molar-refractivity contribution in [2.24, 2.45) is 0 Å². The van der Waals surface area contributed by atoms with Gasteiger partial charge in [-0.3, -0.25) is 15.1 Å². The minimum Gasteiger partial charge on any atom is -0.495 e. The van der Waals surface area contributed by atoms with Crippen molar-refractivity contribution in [3.05, 3.63) is 70.7 Å². The van der Waals surface area contributed by atoms with Crippen molar-refractivity contribution in [3.63, 3.8) is 0 Å². The van der Waals surface area contributed by atoms with E-state index in [1.54, 1.807) is 50.7 Å². The molecule has 4 aromatic rings. The van der Waals surface area contributed by atoms with Crippen molar-refractivity contribution in [1.29, 1.82) is 0 Å². The van der Waals surface area contributed by atoms with E-state index in [1.165, 1.54) is 28.0 Å². The maximum atomic E-state index is 14.8. The molecule has 4 rings (SSSR count). The fraction of sp³-hybridized carbons (Fsp3) is 0.182. The second-order valence-corrected chi connectivity index (χ2v) is 7.87. The van der Waals surface area contributed by atoms with E-state index >= 15 is 0 Å². The van der Waals surface area contributed by atoms with Crippen molar-refractivity contribution >= 4 is 32.7 Å². The number of thiazole rings is 1. The first-order valence-corrected chi connectivity index (χ1v) is 10.6. The number of benzene rings is 1. The van der Waals surface area contributed by atoms with Crippen molar-refractivity contribution in [1.82, 2.24) is 19.9 Å². The van der Waals surface area contributed by atoms with Crippen LogP contribution in [0.4, 0.5) is 14.3 Å². The lowest BCUT2D eigenvalue weighted by atomic mass is 10.1. The molecule has 0 radical (unpaired) electrons. The quantitative estimate of drug-likeness (QED) is 0.462. The third-order valence-electron chi connectivity index (χ3n) is 4.73. The summed E-state index contributed by atoms with van der Waals surface area (Å²) in [6.07, 6.45) is 3.23. The van der Waals surface area contributed by atoms with E-state index < -0.39 is 5.82 Å². The Hall–Kier alpha value is -3.79. The van der Waals surface area contributed by atoms with Crippen LogP contribution in [0, 0.1) is 5.82 Å². The molecule has 0 saturated heterocycles. The second kappa shape index (κ2) is 9.15. The number of urea groups is 1. The molecule has 2 N–H and O–H groups in total. The number of amides is 2. The molecule has 0 bridgehead atoms. The van der Waals surface area contributed by atoms with Crippen LogP contribution in [0.5, 0.6) is 5.75 Å². The van der Waals surface area contributed by atoms with E-state index in [1.807, 2.05) is 0 Å². The summed E-state index contributed by atoms with van der Waals surface area (Å²) >= 11 is 1.17. The number of pyridine rings is 2. The molecule has 3 aromatic heterocycles. The van der Waals surface area contributed by atoms with Gasteiger partial charge in [-0.25, -0.2) is 14.2 Å². The lowest BCUT2D eigenvalue weighted by Gasteiger charge is -2.10. The molecular formula is C22H20FN5O3S. The minimum absolute atomic E-state index is 0.228. The molecule has 2 amide bonds. The number of methoxy groups -OCH3 is 1. The number of fused-ring (bicyclic) bond motifs is 1. The zero-order valence-corrected chi connectivity index (χ0v) is 18.2. The average molecular weight is 453 g/mol. The van der Waals surface area contributed by atoms with Gasteiger partial charge in [0, 0.05) is 30.6 Å². The van der Waals surface area contributed by atoms with Crippen LogP contribution >= 0.6 is 11.3 Å². The van der Waals surface area contributed by atoms with Crippen LogP contribution in [0.15, 0.2) is 53.6 Å². The highest BCUT2D eigenvalue weighted by atomic mass is 32.1. The number of halogens is 1. The average Bonchev–Trinajstić information content (AvgIpc) is 3.15. The summed E-state index contributed by atoms with van der Waals surface area (Å²) in [7, 11) is 1.54. The summed E-state index contributed by atoms with van der Waals surface area (Å²) in [4.78, 5) is 33.0.